The number of morpholine rings is 1. The molecule has 0 radical (unpaired) electrons. The van der Waals surface area contributed by atoms with Crippen molar-refractivity contribution in [2.75, 3.05) is 59.7 Å². The molecular formula is C24H35F3N2O4S. The molecular weight excluding hydrogens is 469 g/mol. The molecule has 1 aliphatic heterocycles. The number of benzene rings is 1. The highest BCUT2D eigenvalue weighted by Crippen LogP contribution is 2.32. The fourth-order valence-electron chi connectivity index (χ4n) is 4.42. The third-order valence-electron chi connectivity index (χ3n) is 6.57. The van der Waals surface area contributed by atoms with Crippen LogP contribution in [0, 0.1) is 11.8 Å². The van der Waals surface area contributed by atoms with Crippen molar-refractivity contribution in [1.29, 1.82) is 0 Å². The van der Waals surface area contributed by atoms with Crippen molar-refractivity contribution in [3.05, 3.63) is 42.0 Å². The van der Waals surface area contributed by atoms with E-state index in [-0.39, 0.29) is 10.8 Å². The topological polar surface area (TPSA) is 59.1 Å². The van der Waals surface area contributed by atoms with Gasteiger partial charge in [0.2, 0.25) is 10.0 Å². The van der Waals surface area contributed by atoms with Crippen molar-refractivity contribution < 1.29 is 31.1 Å². The minimum atomic E-state index is -4.49. The molecule has 1 saturated heterocycles. The molecule has 1 aromatic carbocycles. The Bertz CT molecular complexity index is 876. The summed E-state index contributed by atoms with van der Waals surface area (Å²) in [6, 6.07) is 3.67. The first-order valence-corrected chi connectivity index (χ1v) is 13.3. The van der Waals surface area contributed by atoms with Crippen LogP contribution >= 0.6 is 0 Å². The average Bonchev–Trinajstić information content (AvgIpc) is 2.82. The Labute approximate surface area is 200 Å². The quantitative estimate of drug-likeness (QED) is 0.356. The second-order valence-corrected chi connectivity index (χ2v) is 11.2. The molecule has 0 N–H and O–H groups in total. The third kappa shape index (κ3) is 8.05. The third-order valence-corrected chi connectivity index (χ3v) is 8.41. The minimum absolute atomic E-state index is 0.119. The zero-order chi connectivity index (χ0) is 24.6. The van der Waals surface area contributed by atoms with Crippen LogP contribution in [0.5, 0.6) is 0 Å². The van der Waals surface area contributed by atoms with E-state index in [0.29, 0.717) is 25.7 Å². The van der Waals surface area contributed by atoms with Gasteiger partial charge in [-0.05, 0) is 61.8 Å². The van der Waals surface area contributed by atoms with E-state index in [4.69, 9.17) is 9.47 Å². The second kappa shape index (κ2) is 12.5. The van der Waals surface area contributed by atoms with Crippen LogP contribution in [0.25, 0.3) is 0 Å². The second-order valence-electron chi connectivity index (χ2n) is 9.12. The highest BCUT2D eigenvalue weighted by atomic mass is 32.2. The summed E-state index contributed by atoms with van der Waals surface area (Å²) in [5.41, 5.74) is -0.859. The van der Waals surface area contributed by atoms with Crippen LogP contribution < -0.4 is 0 Å². The van der Waals surface area contributed by atoms with Gasteiger partial charge in [-0.2, -0.15) is 13.2 Å². The molecule has 6 nitrogen and oxygen atoms in total. The summed E-state index contributed by atoms with van der Waals surface area (Å²) in [6.45, 7) is 6.10. The van der Waals surface area contributed by atoms with Gasteiger partial charge in [-0.3, -0.25) is 4.90 Å². The maximum atomic E-state index is 12.8. The summed E-state index contributed by atoms with van der Waals surface area (Å²) in [5, 5.41) is 0. The van der Waals surface area contributed by atoms with Crippen molar-refractivity contribution in [1.82, 2.24) is 9.21 Å². The van der Waals surface area contributed by atoms with Crippen molar-refractivity contribution in [3.8, 4) is 0 Å². The van der Waals surface area contributed by atoms with E-state index in [9.17, 15) is 21.6 Å². The van der Waals surface area contributed by atoms with Crippen LogP contribution in [0.2, 0.25) is 0 Å². The van der Waals surface area contributed by atoms with Gasteiger partial charge in [0.05, 0.1) is 30.3 Å². The lowest BCUT2D eigenvalue weighted by atomic mass is 9.82. The molecule has 0 spiro atoms. The van der Waals surface area contributed by atoms with Gasteiger partial charge in [0.1, 0.15) is 0 Å². The average molecular weight is 505 g/mol. The van der Waals surface area contributed by atoms with Crippen molar-refractivity contribution >= 4 is 10.0 Å². The summed E-state index contributed by atoms with van der Waals surface area (Å²) in [7, 11) is -2.33. The fraction of sp³-hybridized carbons (Fsp3) is 0.667. The summed E-state index contributed by atoms with van der Waals surface area (Å²) in [6.07, 6.45) is 3.49. The van der Waals surface area contributed by atoms with Crippen molar-refractivity contribution in [2.24, 2.45) is 11.8 Å². The lowest BCUT2D eigenvalue weighted by Crippen LogP contribution is -2.36. The van der Waals surface area contributed by atoms with E-state index >= 15 is 0 Å². The molecule has 0 unspecified atom stereocenters. The van der Waals surface area contributed by atoms with Crippen LogP contribution in [-0.4, -0.2) is 77.3 Å². The normalized spacial score (nSPS) is 23.1. The lowest BCUT2D eigenvalue weighted by molar-refractivity contribution is -0.137. The highest BCUT2D eigenvalue weighted by Gasteiger charge is 2.32. The zero-order valence-electron chi connectivity index (χ0n) is 19.7. The van der Waals surface area contributed by atoms with E-state index in [1.54, 1.807) is 0 Å². The van der Waals surface area contributed by atoms with Crippen LogP contribution in [0.3, 0.4) is 0 Å². The van der Waals surface area contributed by atoms with E-state index in [1.807, 2.05) is 0 Å². The van der Waals surface area contributed by atoms with Gasteiger partial charge in [0.25, 0.3) is 0 Å². The predicted octanol–water partition coefficient (Wildman–Crippen LogP) is 4.04. The zero-order valence-corrected chi connectivity index (χ0v) is 20.5. The summed E-state index contributed by atoms with van der Waals surface area (Å²) in [5.74, 6) is 0.708. The van der Waals surface area contributed by atoms with Crippen molar-refractivity contribution in [2.45, 2.75) is 36.8 Å². The molecule has 0 amide bonds. The maximum Gasteiger partial charge on any atom is 0.416 e. The molecule has 2 fully saturated rings. The molecule has 1 heterocycles. The molecule has 2 aliphatic rings. The Hall–Kier alpha value is -1.46. The molecule has 1 aromatic rings. The van der Waals surface area contributed by atoms with Gasteiger partial charge in [-0.1, -0.05) is 12.2 Å². The molecule has 0 aromatic heterocycles. The number of hydrogen-bond donors (Lipinski definition) is 0. The standard InChI is InChI=1S/C24H35F3N2O4S/c1-28(34(30,31)23-10-8-22(9-11-23)24(25,26)27)18-20-4-6-21(7-5-20)19-33-15-3-2-12-29-13-16-32-17-14-29/h2-3,8-11,20-21H,4-7,12-19H2,1H3/t20-,21-. The molecule has 1 saturated carbocycles. The molecule has 0 atom stereocenters. The van der Waals surface area contributed by atoms with E-state index in [0.717, 1.165) is 82.8 Å². The summed E-state index contributed by atoms with van der Waals surface area (Å²) in [4.78, 5) is 2.22. The Kier molecular flexibility index (Phi) is 9.96. The van der Waals surface area contributed by atoms with Crippen LogP contribution in [0.4, 0.5) is 13.2 Å². The van der Waals surface area contributed by atoms with E-state index < -0.39 is 21.8 Å². The SMILES string of the molecule is CN(C[C@H]1CC[C@H](COCC=CCN2CCOCC2)CC1)S(=O)(=O)c1ccc(C(F)(F)F)cc1. The first-order chi connectivity index (χ1) is 16.2. The lowest BCUT2D eigenvalue weighted by Gasteiger charge is -2.31. The van der Waals surface area contributed by atoms with Gasteiger partial charge in [-0.25, -0.2) is 12.7 Å². The molecule has 192 valence electrons. The smallest absolute Gasteiger partial charge is 0.379 e. The number of halogens is 3. The molecule has 34 heavy (non-hydrogen) atoms. The minimum Gasteiger partial charge on any atom is -0.379 e. The number of hydrogen-bond acceptors (Lipinski definition) is 5. The van der Waals surface area contributed by atoms with Crippen molar-refractivity contribution in [3.63, 3.8) is 0 Å². The number of nitrogens with zero attached hydrogens (tertiary/aromatic N) is 2. The van der Waals surface area contributed by atoms with Gasteiger partial charge >= 0.3 is 6.18 Å². The Morgan fingerprint density at radius 2 is 1.68 bits per heavy atom. The summed E-state index contributed by atoms with van der Waals surface area (Å²) >= 11 is 0. The Balaban J connectivity index is 1.35. The van der Waals surface area contributed by atoms with Gasteiger partial charge in [0, 0.05) is 39.8 Å². The predicted molar refractivity (Wildman–Crippen MR) is 124 cm³/mol. The monoisotopic (exact) mass is 504 g/mol. The van der Waals surface area contributed by atoms with Crippen LogP contribution in [0.15, 0.2) is 41.3 Å². The van der Waals surface area contributed by atoms with Gasteiger partial charge < -0.3 is 9.47 Å². The Morgan fingerprint density at radius 3 is 2.29 bits per heavy atom. The number of alkyl halides is 3. The van der Waals surface area contributed by atoms with Gasteiger partial charge in [0.15, 0.2) is 0 Å². The number of rotatable bonds is 10. The molecule has 0 bridgehead atoms. The van der Waals surface area contributed by atoms with Crippen LogP contribution in [-0.2, 0) is 25.7 Å². The van der Waals surface area contributed by atoms with E-state index in [1.165, 1.54) is 11.4 Å². The van der Waals surface area contributed by atoms with E-state index in [2.05, 4.69) is 17.1 Å². The maximum absolute atomic E-state index is 12.8. The summed E-state index contributed by atoms with van der Waals surface area (Å²) < 4.78 is 76.2. The molecule has 10 heteroatoms. The first-order valence-electron chi connectivity index (χ1n) is 11.8. The largest absolute Gasteiger partial charge is 0.416 e. The number of ether oxygens (including phenoxy) is 2. The van der Waals surface area contributed by atoms with Gasteiger partial charge in [-0.15, -0.1) is 0 Å². The Morgan fingerprint density at radius 1 is 1.06 bits per heavy atom. The molecule has 1 aliphatic carbocycles. The fourth-order valence-corrected chi connectivity index (χ4v) is 5.66. The first kappa shape index (κ1) is 27.1. The van der Waals surface area contributed by atoms with Crippen LogP contribution in [0.1, 0.15) is 31.2 Å². The molecule has 3 rings (SSSR count). The number of sulfonamides is 1. The highest BCUT2D eigenvalue weighted by molar-refractivity contribution is 7.89.